The van der Waals surface area contributed by atoms with Crippen LogP contribution in [0.3, 0.4) is 0 Å². The Hall–Kier alpha value is -1.43. The summed E-state index contributed by atoms with van der Waals surface area (Å²) in [7, 11) is 0. The fourth-order valence-corrected chi connectivity index (χ4v) is 4.03. The van der Waals surface area contributed by atoms with Crippen LogP contribution in [0.2, 0.25) is 0 Å². The van der Waals surface area contributed by atoms with Gasteiger partial charge in [-0.15, -0.1) is 12.4 Å². The van der Waals surface area contributed by atoms with Crippen LogP contribution in [-0.2, 0) is 4.79 Å². The molecule has 3 N–H and O–H groups in total. The van der Waals surface area contributed by atoms with E-state index in [9.17, 15) is 9.59 Å². The molecule has 1 heterocycles. The third kappa shape index (κ3) is 4.15. The van der Waals surface area contributed by atoms with Gasteiger partial charge in [-0.05, 0) is 43.7 Å². The van der Waals surface area contributed by atoms with Gasteiger partial charge in [0.05, 0.1) is 12.2 Å². The van der Waals surface area contributed by atoms with Crippen molar-refractivity contribution >= 4 is 29.8 Å². The quantitative estimate of drug-likeness (QED) is 0.816. The largest absolute Gasteiger partial charge is 0.327 e. The van der Waals surface area contributed by atoms with Crippen LogP contribution in [0.5, 0.6) is 0 Å². The lowest BCUT2D eigenvalue weighted by atomic mass is 9.78. The van der Waals surface area contributed by atoms with E-state index in [1.807, 2.05) is 6.07 Å². The van der Waals surface area contributed by atoms with Crippen LogP contribution >= 0.6 is 12.4 Å². The molecule has 0 spiro atoms. The second-order valence-electron chi connectivity index (χ2n) is 6.86. The summed E-state index contributed by atoms with van der Waals surface area (Å²) in [6.07, 6.45) is 3.53. The molecule has 3 unspecified atom stereocenters. The lowest BCUT2D eigenvalue weighted by molar-refractivity contribution is -0.117. The Bertz CT molecular complexity index is 608. The number of hydrogen-bond acceptors (Lipinski definition) is 4. The van der Waals surface area contributed by atoms with Crippen LogP contribution in [0.4, 0.5) is 5.69 Å². The minimum atomic E-state index is -0.0640. The summed E-state index contributed by atoms with van der Waals surface area (Å²) < 4.78 is 0. The number of rotatable bonds is 4. The molecule has 6 heteroatoms. The van der Waals surface area contributed by atoms with Gasteiger partial charge in [0.25, 0.3) is 0 Å². The third-order valence-corrected chi connectivity index (χ3v) is 5.18. The highest BCUT2D eigenvalue weighted by molar-refractivity contribution is 6.04. The van der Waals surface area contributed by atoms with E-state index in [1.165, 1.54) is 19.8 Å². The van der Waals surface area contributed by atoms with Crippen molar-refractivity contribution in [3.05, 3.63) is 29.8 Å². The molecular formula is C18H26ClN3O2. The molecular weight excluding hydrogens is 326 g/mol. The highest BCUT2D eigenvalue weighted by Gasteiger charge is 2.39. The number of ketones is 1. The smallest absolute Gasteiger partial charge is 0.238 e. The third-order valence-electron chi connectivity index (χ3n) is 5.18. The molecule has 2 fully saturated rings. The van der Waals surface area contributed by atoms with Crippen molar-refractivity contribution in [3.8, 4) is 0 Å². The molecule has 1 saturated carbocycles. The molecule has 24 heavy (non-hydrogen) atoms. The summed E-state index contributed by atoms with van der Waals surface area (Å²) in [5.74, 6) is 1.06. The van der Waals surface area contributed by atoms with E-state index in [2.05, 4.69) is 10.2 Å². The number of nitrogens with two attached hydrogens (primary N) is 1. The Kier molecular flexibility index (Phi) is 6.38. The number of likely N-dealkylation sites (tertiary alicyclic amines) is 1. The summed E-state index contributed by atoms with van der Waals surface area (Å²) in [5.41, 5.74) is 7.37. The van der Waals surface area contributed by atoms with Crippen LogP contribution in [0.25, 0.3) is 0 Å². The lowest BCUT2D eigenvalue weighted by Crippen LogP contribution is -2.38. The van der Waals surface area contributed by atoms with Gasteiger partial charge in [-0.2, -0.15) is 0 Å². The molecule has 3 rings (SSSR count). The first-order valence-corrected chi connectivity index (χ1v) is 8.42. The van der Waals surface area contributed by atoms with E-state index in [1.54, 1.807) is 18.2 Å². The van der Waals surface area contributed by atoms with Gasteiger partial charge in [0.2, 0.25) is 5.91 Å². The van der Waals surface area contributed by atoms with Gasteiger partial charge in [-0.1, -0.05) is 18.6 Å². The fraction of sp³-hybridized carbons (Fsp3) is 0.556. The zero-order valence-electron chi connectivity index (χ0n) is 14.0. The standard InChI is InChI=1S/C18H25N3O2.ClH/c1-12(22)14-6-2-3-8-17(14)20-18(23)11-21-9-13-5-4-7-16(19)15(13)10-21;/h2-3,6,8,13,15-16H,4-5,7,9-11,19H2,1H3,(H,20,23);1H. The average Bonchev–Trinajstić information content (AvgIpc) is 2.91. The van der Waals surface area contributed by atoms with Gasteiger partial charge in [0.15, 0.2) is 5.78 Å². The van der Waals surface area contributed by atoms with Gasteiger partial charge in [-0.3, -0.25) is 14.5 Å². The van der Waals surface area contributed by atoms with Crippen molar-refractivity contribution < 1.29 is 9.59 Å². The number of Topliss-reactive ketones (excluding diaryl/α,β-unsaturated/α-hetero) is 1. The van der Waals surface area contributed by atoms with Crippen LogP contribution in [0.15, 0.2) is 24.3 Å². The van der Waals surface area contributed by atoms with Crippen molar-refractivity contribution in [2.24, 2.45) is 17.6 Å². The van der Waals surface area contributed by atoms with Gasteiger partial charge in [-0.25, -0.2) is 0 Å². The molecule has 1 saturated heterocycles. The van der Waals surface area contributed by atoms with Crippen molar-refractivity contribution in [3.63, 3.8) is 0 Å². The fourth-order valence-electron chi connectivity index (χ4n) is 4.03. The number of fused-ring (bicyclic) bond motifs is 1. The first-order valence-electron chi connectivity index (χ1n) is 8.42. The summed E-state index contributed by atoms with van der Waals surface area (Å²) in [6, 6.07) is 7.42. The number of nitrogens with zero attached hydrogens (tertiary/aromatic N) is 1. The van der Waals surface area contributed by atoms with Crippen molar-refractivity contribution in [1.82, 2.24) is 4.90 Å². The number of anilines is 1. The van der Waals surface area contributed by atoms with E-state index >= 15 is 0 Å². The van der Waals surface area contributed by atoms with Crippen molar-refractivity contribution in [2.45, 2.75) is 32.2 Å². The Morgan fingerprint density at radius 3 is 2.71 bits per heavy atom. The highest BCUT2D eigenvalue weighted by atomic mass is 35.5. The number of carbonyl (C=O) groups is 2. The van der Waals surface area contributed by atoms with Crippen LogP contribution in [0, 0.1) is 11.8 Å². The van der Waals surface area contributed by atoms with E-state index in [4.69, 9.17) is 5.73 Å². The second-order valence-corrected chi connectivity index (χ2v) is 6.86. The number of para-hydroxylation sites is 1. The van der Waals surface area contributed by atoms with Gasteiger partial charge < -0.3 is 11.1 Å². The molecule has 0 radical (unpaired) electrons. The van der Waals surface area contributed by atoms with Gasteiger partial charge in [0.1, 0.15) is 0 Å². The summed E-state index contributed by atoms with van der Waals surface area (Å²) in [5, 5.41) is 2.88. The Morgan fingerprint density at radius 2 is 2.00 bits per heavy atom. The molecule has 3 atom stereocenters. The maximum Gasteiger partial charge on any atom is 0.238 e. The van der Waals surface area contributed by atoms with Crippen molar-refractivity contribution in [2.75, 3.05) is 25.0 Å². The zero-order valence-corrected chi connectivity index (χ0v) is 14.8. The Labute approximate surface area is 149 Å². The predicted octanol–water partition coefficient (Wildman–Crippen LogP) is 2.31. The normalized spacial score (nSPS) is 26.3. The monoisotopic (exact) mass is 351 g/mol. The maximum atomic E-state index is 12.3. The van der Waals surface area contributed by atoms with E-state index in [-0.39, 0.29) is 30.1 Å². The molecule has 5 nitrogen and oxygen atoms in total. The Morgan fingerprint density at radius 1 is 1.25 bits per heavy atom. The molecule has 1 aromatic carbocycles. The summed E-state index contributed by atoms with van der Waals surface area (Å²) in [6.45, 7) is 3.75. The number of halogens is 1. The number of amides is 1. The summed E-state index contributed by atoms with van der Waals surface area (Å²) in [4.78, 5) is 26.2. The Balaban J connectivity index is 0.00000208. The molecule has 1 aliphatic carbocycles. The molecule has 1 amide bonds. The van der Waals surface area contributed by atoms with E-state index in [0.29, 0.717) is 29.6 Å². The molecule has 1 aliphatic heterocycles. The SMILES string of the molecule is CC(=O)c1ccccc1NC(=O)CN1CC2CCCC(N)C2C1.Cl. The topological polar surface area (TPSA) is 75.4 Å². The minimum absolute atomic E-state index is 0. The summed E-state index contributed by atoms with van der Waals surface area (Å²) >= 11 is 0. The maximum absolute atomic E-state index is 12.3. The van der Waals surface area contributed by atoms with Crippen molar-refractivity contribution in [1.29, 1.82) is 0 Å². The highest BCUT2D eigenvalue weighted by Crippen LogP contribution is 2.35. The predicted molar refractivity (Wildman–Crippen MR) is 97.6 cm³/mol. The lowest BCUT2D eigenvalue weighted by Gasteiger charge is -2.29. The first-order chi connectivity index (χ1) is 11.0. The van der Waals surface area contributed by atoms with Crippen LogP contribution < -0.4 is 11.1 Å². The molecule has 1 aromatic rings. The van der Waals surface area contributed by atoms with Crippen LogP contribution in [-0.4, -0.2) is 42.3 Å². The number of hydrogen-bond donors (Lipinski definition) is 2. The average molecular weight is 352 g/mol. The van der Waals surface area contributed by atoms with E-state index in [0.717, 1.165) is 19.5 Å². The second kappa shape index (κ2) is 8.10. The number of carbonyl (C=O) groups excluding carboxylic acids is 2. The molecule has 2 aliphatic rings. The van der Waals surface area contributed by atoms with Crippen LogP contribution in [0.1, 0.15) is 36.5 Å². The number of benzene rings is 1. The molecule has 0 aromatic heterocycles. The minimum Gasteiger partial charge on any atom is -0.327 e. The molecule has 132 valence electrons. The molecule has 0 bridgehead atoms. The zero-order chi connectivity index (χ0) is 16.4. The van der Waals surface area contributed by atoms with Gasteiger partial charge in [0, 0.05) is 24.7 Å². The number of nitrogens with one attached hydrogen (secondary N) is 1. The first kappa shape index (κ1) is 18.9. The van der Waals surface area contributed by atoms with Gasteiger partial charge >= 0.3 is 0 Å². The van der Waals surface area contributed by atoms with E-state index < -0.39 is 0 Å².